The fourth-order valence-electron chi connectivity index (χ4n) is 2.43. The van der Waals surface area contributed by atoms with Gasteiger partial charge in [-0.1, -0.05) is 6.42 Å². The van der Waals surface area contributed by atoms with Gasteiger partial charge in [0, 0.05) is 6.04 Å². The number of piperidine rings is 2. The van der Waals surface area contributed by atoms with Gasteiger partial charge in [-0.2, -0.15) is 0 Å². The number of rotatable bonds is 0. The van der Waals surface area contributed by atoms with E-state index in [2.05, 4.69) is 4.90 Å². The first-order valence-electron chi connectivity index (χ1n) is 4.80. The minimum atomic E-state index is -0.0240. The molecule has 0 amide bonds. The lowest BCUT2D eigenvalue weighted by molar-refractivity contribution is -0.00844. The van der Waals surface area contributed by atoms with Crippen molar-refractivity contribution in [3.05, 3.63) is 0 Å². The van der Waals surface area contributed by atoms with Crippen LogP contribution in [0.15, 0.2) is 0 Å². The largest absolute Gasteiger partial charge is 0.391 e. The molecule has 0 bridgehead atoms. The van der Waals surface area contributed by atoms with Gasteiger partial charge >= 0.3 is 0 Å². The van der Waals surface area contributed by atoms with E-state index in [1.165, 1.54) is 38.8 Å². The van der Waals surface area contributed by atoms with Crippen molar-refractivity contribution < 1.29 is 5.11 Å². The topological polar surface area (TPSA) is 23.5 Å². The lowest BCUT2D eigenvalue weighted by atomic mass is 9.91. The second-order valence-electron chi connectivity index (χ2n) is 3.81. The molecule has 11 heavy (non-hydrogen) atoms. The molecule has 0 radical (unpaired) electrons. The summed E-state index contributed by atoms with van der Waals surface area (Å²) in [6, 6.07) is 0.512. The van der Waals surface area contributed by atoms with Gasteiger partial charge in [0.1, 0.15) is 0 Å². The molecule has 0 aromatic rings. The van der Waals surface area contributed by atoms with Crippen LogP contribution in [0.3, 0.4) is 0 Å². The van der Waals surface area contributed by atoms with E-state index in [0.29, 0.717) is 6.04 Å². The molecule has 1 N–H and O–H groups in total. The summed E-state index contributed by atoms with van der Waals surface area (Å²) in [5.41, 5.74) is 0. The Bertz CT molecular complexity index is 136. The van der Waals surface area contributed by atoms with Crippen LogP contribution in [-0.2, 0) is 0 Å². The number of nitrogens with zero attached hydrogens (tertiary/aromatic N) is 1. The third-order valence-corrected chi connectivity index (χ3v) is 3.05. The maximum Gasteiger partial charge on any atom is 0.0695 e. The van der Waals surface area contributed by atoms with Crippen LogP contribution < -0.4 is 0 Å². The van der Waals surface area contributed by atoms with E-state index in [4.69, 9.17) is 0 Å². The summed E-state index contributed by atoms with van der Waals surface area (Å²) < 4.78 is 0. The van der Waals surface area contributed by atoms with Crippen molar-refractivity contribution in [1.82, 2.24) is 4.90 Å². The molecular weight excluding hydrogens is 138 g/mol. The Labute approximate surface area is 68.2 Å². The minimum Gasteiger partial charge on any atom is -0.391 e. The van der Waals surface area contributed by atoms with E-state index in [1.54, 1.807) is 0 Å². The van der Waals surface area contributed by atoms with Gasteiger partial charge in [0.25, 0.3) is 0 Å². The summed E-state index contributed by atoms with van der Waals surface area (Å²) in [5.74, 6) is 0. The van der Waals surface area contributed by atoms with E-state index >= 15 is 0 Å². The van der Waals surface area contributed by atoms with Gasteiger partial charge in [0.05, 0.1) is 6.10 Å². The summed E-state index contributed by atoms with van der Waals surface area (Å²) in [4.78, 5) is 2.47. The Morgan fingerprint density at radius 3 is 2.64 bits per heavy atom. The first-order chi connectivity index (χ1) is 5.38. The highest BCUT2D eigenvalue weighted by Gasteiger charge is 2.31. The Hall–Kier alpha value is -0.0800. The lowest BCUT2D eigenvalue weighted by Gasteiger charge is -2.42. The van der Waals surface area contributed by atoms with Crippen molar-refractivity contribution in [3.8, 4) is 0 Å². The minimum absolute atomic E-state index is 0.0240. The third kappa shape index (κ3) is 1.42. The van der Waals surface area contributed by atoms with Crippen molar-refractivity contribution in [3.63, 3.8) is 0 Å². The number of fused-ring (bicyclic) bond motifs is 1. The molecule has 0 aromatic carbocycles. The van der Waals surface area contributed by atoms with E-state index in [0.717, 1.165) is 6.42 Å². The van der Waals surface area contributed by atoms with Gasteiger partial charge in [-0.05, 0) is 38.8 Å². The van der Waals surface area contributed by atoms with E-state index in [9.17, 15) is 5.11 Å². The van der Waals surface area contributed by atoms with Crippen LogP contribution >= 0.6 is 0 Å². The Morgan fingerprint density at radius 2 is 1.82 bits per heavy atom. The number of aliphatic hydroxyl groups is 1. The standard InChI is InChI=1S/C9H17NO/c11-9-5-3-7-10-6-2-1-4-8(9)10/h8-9,11H,1-7H2/t8?,9-/m0/s1. The van der Waals surface area contributed by atoms with Crippen molar-refractivity contribution in [2.24, 2.45) is 0 Å². The van der Waals surface area contributed by atoms with Gasteiger partial charge in [-0.15, -0.1) is 0 Å². The maximum absolute atomic E-state index is 9.66. The SMILES string of the molecule is O[C@H]1CCCN2CCCCC12. The molecule has 2 aliphatic rings. The summed E-state index contributed by atoms with van der Waals surface area (Å²) >= 11 is 0. The van der Waals surface area contributed by atoms with Crippen LogP contribution in [0.1, 0.15) is 32.1 Å². The molecule has 2 heteroatoms. The molecule has 2 nitrogen and oxygen atoms in total. The predicted octanol–water partition coefficient (Wildman–Crippen LogP) is 0.996. The van der Waals surface area contributed by atoms with Crippen LogP contribution in [-0.4, -0.2) is 35.2 Å². The van der Waals surface area contributed by atoms with E-state index in [-0.39, 0.29) is 6.10 Å². The van der Waals surface area contributed by atoms with Crippen molar-refractivity contribution in [2.45, 2.75) is 44.2 Å². The van der Waals surface area contributed by atoms with Crippen LogP contribution in [0.2, 0.25) is 0 Å². The average molecular weight is 155 g/mol. The quantitative estimate of drug-likeness (QED) is 0.564. The van der Waals surface area contributed by atoms with Crippen molar-refractivity contribution in [1.29, 1.82) is 0 Å². The molecule has 2 aliphatic heterocycles. The smallest absolute Gasteiger partial charge is 0.0695 e. The predicted molar refractivity (Wildman–Crippen MR) is 44.5 cm³/mol. The van der Waals surface area contributed by atoms with Gasteiger partial charge in [-0.3, -0.25) is 4.90 Å². The molecule has 2 fully saturated rings. The lowest BCUT2D eigenvalue weighted by Crippen LogP contribution is -2.50. The van der Waals surface area contributed by atoms with Crippen LogP contribution in [0.5, 0.6) is 0 Å². The van der Waals surface area contributed by atoms with Gasteiger partial charge < -0.3 is 5.11 Å². The molecule has 2 rings (SSSR count). The molecule has 0 aliphatic carbocycles. The Morgan fingerprint density at radius 1 is 1.00 bits per heavy atom. The van der Waals surface area contributed by atoms with E-state index in [1.807, 2.05) is 0 Å². The Balaban J connectivity index is 1.99. The molecule has 0 spiro atoms. The fraction of sp³-hybridized carbons (Fsp3) is 1.00. The molecule has 2 atom stereocenters. The third-order valence-electron chi connectivity index (χ3n) is 3.05. The van der Waals surface area contributed by atoms with Crippen LogP contribution in [0.25, 0.3) is 0 Å². The summed E-state index contributed by atoms with van der Waals surface area (Å²) in [6.07, 6.45) is 6.07. The van der Waals surface area contributed by atoms with E-state index < -0.39 is 0 Å². The summed E-state index contributed by atoms with van der Waals surface area (Å²) in [5, 5.41) is 9.66. The highest BCUT2D eigenvalue weighted by Crippen LogP contribution is 2.25. The highest BCUT2D eigenvalue weighted by atomic mass is 16.3. The average Bonchev–Trinajstić information content (AvgIpc) is 2.06. The summed E-state index contributed by atoms with van der Waals surface area (Å²) in [7, 11) is 0. The second-order valence-corrected chi connectivity index (χ2v) is 3.81. The molecule has 0 aromatic heterocycles. The number of hydrogen-bond acceptors (Lipinski definition) is 2. The molecule has 2 saturated heterocycles. The zero-order valence-electron chi connectivity index (χ0n) is 7.00. The second kappa shape index (κ2) is 3.11. The van der Waals surface area contributed by atoms with Gasteiger partial charge in [0.15, 0.2) is 0 Å². The zero-order valence-corrected chi connectivity index (χ0v) is 7.00. The number of aliphatic hydroxyl groups excluding tert-OH is 1. The molecule has 2 heterocycles. The van der Waals surface area contributed by atoms with Gasteiger partial charge in [0.2, 0.25) is 0 Å². The molecule has 0 saturated carbocycles. The summed E-state index contributed by atoms with van der Waals surface area (Å²) in [6.45, 7) is 2.45. The highest BCUT2D eigenvalue weighted by molar-refractivity contribution is 4.86. The molecule has 64 valence electrons. The van der Waals surface area contributed by atoms with Gasteiger partial charge in [-0.25, -0.2) is 0 Å². The first-order valence-corrected chi connectivity index (χ1v) is 4.80. The first kappa shape index (κ1) is 7.56. The number of hydrogen-bond donors (Lipinski definition) is 1. The van der Waals surface area contributed by atoms with Crippen molar-refractivity contribution in [2.75, 3.05) is 13.1 Å². The van der Waals surface area contributed by atoms with Crippen LogP contribution in [0.4, 0.5) is 0 Å². The molecular formula is C9H17NO. The monoisotopic (exact) mass is 155 g/mol. The van der Waals surface area contributed by atoms with Crippen molar-refractivity contribution >= 4 is 0 Å². The Kier molecular flexibility index (Phi) is 2.14. The zero-order chi connectivity index (χ0) is 7.68. The molecule has 1 unspecified atom stereocenters. The van der Waals surface area contributed by atoms with Crippen LogP contribution in [0, 0.1) is 0 Å². The fourth-order valence-corrected chi connectivity index (χ4v) is 2.43. The maximum atomic E-state index is 9.66. The normalized spacial score (nSPS) is 40.1.